The molecule has 0 aliphatic heterocycles. The van der Waals surface area contributed by atoms with E-state index < -0.39 is 19.4 Å². The molecule has 0 rings (SSSR count). The Morgan fingerprint density at radius 2 is 1.00 bits per heavy atom. The molecule has 8 nitrogen and oxygen atoms in total. The minimum Gasteiger partial charge on any atom is -1.00 e. The molecule has 0 aromatic rings. The van der Waals surface area contributed by atoms with Crippen molar-refractivity contribution in [2.75, 3.05) is 0 Å². The predicted molar refractivity (Wildman–Crippen MR) is 54.7 cm³/mol. The molecule has 0 atom stereocenters. The summed E-state index contributed by atoms with van der Waals surface area (Å²) in [5, 5.41) is 0. The predicted octanol–water partition coefficient (Wildman–Crippen LogP) is -4.76. The Kier molecular flexibility index (Phi) is 28.5. The van der Waals surface area contributed by atoms with Crippen LogP contribution in [0.1, 0.15) is 5.71 Å². The van der Waals surface area contributed by atoms with Gasteiger partial charge in [-0.15, -0.1) is 0 Å². The van der Waals surface area contributed by atoms with Crippen molar-refractivity contribution in [3.63, 3.8) is 0 Å². The molecule has 13 heteroatoms. The molecular weight excluding hydrogens is 280 g/mol. The van der Waals surface area contributed by atoms with Crippen molar-refractivity contribution >= 4 is 97.6 Å². The van der Waals surface area contributed by atoms with Gasteiger partial charge >= 0.3 is 80.2 Å². The summed E-state index contributed by atoms with van der Waals surface area (Å²) in [4.78, 5) is 29.3. The molecule has 0 unspecified atom stereocenters. The quantitative estimate of drug-likeness (QED) is 0.192. The normalized spacial score (nSPS) is 9.08. The van der Waals surface area contributed by atoms with Gasteiger partial charge in [0.15, 0.2) is 17.4 Å². The van der Waals surface area contributed by atoms with Crippen molar-refractivity contribution in [1.82, 2.24) is 0 Å². The van der Waals surface area contributed by atoms with E-state index in [1.54, 1.807) is 0 Å². The molecule has 13 heavy (non-hydrogen) atoms. The molecule has 0 amide bonds. The maximum Gasteiger partial charge on any atom is 2.00 e. The maximum absolute atomic E-state index is 8.74. The van der Waals surface area contributed by atoms with Crippen molar-refractivity contribution in [2.24, 2.45) is 0 Å². The van der Waals surface area contributed by atoms with Crippen LogP contribution in [0.3, 0.4) is 0 Å². The minimum absolute atomic E-state index is 0. The summed E-state index contributed by atoms with van der Waals surface area (Å²) < 4.78 is 31.6. The van der Waals surface area contributed by atoms with Crippen LogP contribution >= 0.6 is 0 Å². The van der Waals surface area contributed by atoms with Gasteiger partial charge in [0.25, 0.3) is 0 Å². The zero-order valence-corrected chi connectivity index (χ0v) is 11.3. The van der Waals surface area contributed by atoms with Crippen LogP contribution in [0, 0.1) is 0 Å². The zero-order valence-electron chi connectivity index (χ0n) is 9.82. The van der Waals surface area contributed by atoms with Gasteiger partial charge in [0.1, 0.15) is 0 Å². The Balaban J connectivity index is -0.00000000762. The zero-order chi connectivity index (χ0) is 9.00. The molecule has 0 aliphatic carbocycles. The molecule has 0 aromatic carbocycles. The first-order chi connectivity index (χ1) is 4.00. The standard InChI is InChI=1S/Al.Ca.Mg.H2O4S.H4O4Si.7H/c;;;2*1-5(2,3)4;;;;;;;/h;;;(H2,1,2,3,4);1-4H;;;;;;;/q;2*+2;;;;;;4*-1. The monoisotopic (exact) mass is 292 g/mol. The number of hydrogen-bond donors (Lipinski definition) is 6. The van der Waals surface area contributed by atoms with Crippen LogP contribution < -0.4 is 0 Å². The maximum atomic E-state index is 8.74. The molecule has 78 valence electrons. The fraction of sp³-hybridized carbons (Fsp3) is 0. The van der Waals surface area contributed by atoms with E-state index in [1.807, 2.05) is 0 Å². The van der Waals surface area contributed by atoms with Crippen molar-refractivity contribution in [3.8, 4) is 0 Å². The summed E-state index contributed by atoms with van der Waals surface area (Å²) in [6.45, 7) is 0. The molecule has 0 heterocycles. The Hall–Kier alpha value is 2.49. The molecule has 0 saturated carbocycles. The molecule has 0 aliphatic rings. The van der Waals surface area contributed by atoms with E-state index in [0.717, 1.165) is 0 Å². The summed E-state index contributed by atoms with van der Waals surface area (Å²) in [5.74, 6) is 0. The Morgan fingerprint density at radius 1 is 1.00 bits per heavy atom. The third-order valence-corrected chi connectivity index (χ3v) is 0. The molecule has 0 saturated heterocycles. The smallest absolute Gasteiger partial charge is 1.00 e. The van der Waals surface area contributed by atoms with E-state index in [1.165, 1.54) is 0 Å². The number of hydrogen-bond acceptors (Lipinski definition) is 6. The van der Waals surface area contributed by atoms with Crippen LogP contribution in [0.4, 0.5) is 0 Å². The minimum atomic E-state index is -4.67. The van der Waals surface area contributed by atoms with Crippen LogP contribution in [-0.2, 0) is 10.4 Å². The molecular formula is H13AlCaMgO8SSi. The second-order valence-electron chi connectivity index (χ2n) is 1.05. The van der Waals surface area contributed by atoms with Crippen LogP contribution in [-0.4, -0.2) is 124 Å². The van der Waals surface area contributed by atoms with Crippen molar-refractivity contribution in [1.29, 1.82) is 0 Å². The Morgan fingerprint density at radius 3 is 1.00 bits per heavy atom. The van der Waals surface area contributed by atoms with Crippen LogP contribution in [0.2, 0.25) is 0 Å². The molecule has 0 aromatic heterocycles. The van der Waals surface area contributed by atoms with Crippen LogP contribution in [0.25, 0.3) is 0 Å². The topological polar surface area (TPSA) is 156 Å². The molecule has 6 N–H and O–H groups in total. The van der Waals surface area contributed by atoms with Gasteiger partial charge in [0.05, 0.1) is 0 Å². The summed E-state index contributed by atoms with van der Waals surface area (Å²) in [7, 11) is -9.28. The second-order valence-corrected chi connectivity index (χ2v) is 3.14. The van der Waals surface area contributed by atoms with E-state index in [2.05, 4.69) is 0 Å². The van der Waals surface area contributed by atoms with Gasteiger partial charge in [-0.1, -0.05) is 0 Å². The van der Waals surface area contributed by atoms with Gasteiger partial charge < -0.3 is 24.9 Å². The van der Waals surface area contributed by atoms with Crippen LogP contribution in [0.5, 0.6) is 0 Å². The van der Waals surface area contributed by atoms with Gasteiger partial charge in [-0.05, 0) is 0 Å². The molecule has 0 radical (unpaired) electrons. The van der Waals surface area contributed by atoms with E-state index in [4.69, 9.17) is 36.7 Å². The van der Waals surface area contributed by atoms with Crippen molar-refractivity contribution < 1.29 is 42.4 Å². The van der Waals surface area contributed by atoms with Crippen molar-refractivity contribution in [3.05, 3.63) is 0 Å². The Labute approximate surface area is 138 Å². The fourth-order valence-corrected chi connectivity index (χ4v) is 0. The molecule has 0 bridgehead atoms. The van der Waals surface area contributed by atoms with Gasteiger partial charge in [-0.2, -0.15) is 8.42 Å². The van der Waals surface area contributed by atoms with Gasteiger partial charge in [-0.3, -0.25) is 9.11 Å². The van der Waals surface area contributed by atoms with Crippen LogP contribution in [0.15, 0.2) is 0 Å². The van der Waals surface area contributed by atoms with E-state index >= 15 is 0 Å². The number of rotatable bonds is 0. The largest absolute Gasteiger partial charge is 2.00 e. The molecule has 0 spiro atoms. The van der Waals surface area contributed by atoms with Gasteiger partial charge in [0, 0.05) is 0 Å². The first-order valence-electron chi connectivity index (χ1n) is 1.59. The first-order valence-corrected chi connectivity index (χ1v) is 4.78. The van der Waals surface area contributed by atoms with E-state index in [9.17, 15) is 0 Å². The van der Waals surface area contributed by atoms with Gasteiger partial charge in [-0.25, -0.2) is 0 Å². The van der Waals surface area contributed by atoms with Crippen molar-refractivity contribution in [2.45, 2.75) is 0 Å². The average molecular weight is 293 g/mol. The first kappa shape index (κ1) is 29.6. The summed E-state index contributed by atoms with van der Waals surface area (Å²) in [6, 6.07) is 0. The summed E-state index contributed by atoms with van der Waals surface area (Å²) >= 11 is 0. The van der Waals surface area contributed by atoms with E-state index in [0.29, 0.717) is 0 Å². The summed E-state index contributed by atoms with van der Waals surface area (Å²) in [6.07, 6.45) is 0. The SMILES string of the molecule is O=S(=O)(O)O.O[Si](O)(O)O.[AlH3].[Ca+2].[H-].[H-].[H-].[H-].[Mg+2]. The third-order valence-electron chi connectivity index (χ3n) is 0. The second kappa shape index (κ2) is 12.6. The fourth-order valence-electron chi connectivity index (χ4n) is 0. The summed E-state index contributed by atoms with van der Waals surface area (Å²) in [5.41, 5.74) is 0. The Bertz CT molecular complexity index is 172. The average Bonchev–Trinajstić information content (AvgIpc) is 1.12. The third kappa shape index (κ3) is 366. The van der Waals surface area contributed by atoms with Gasteiger partial charge in [0.2, 0.25) is 0 Å². The molecule has 0 fully saturated rings. The van der Waals surface area contributed by atoms with E-state index in [-0.39, 0.29) is 83.9 Å².